The Bertz CT molecular complexity index is 1180. The van der Waals surface area contributed by atoms with Gasteiger partial charge in [-0.25, -0.2) is 9.48 Å². The third-order valence-electron chi connectivity index (χ3n) is 4.99. The molecule has 150 valence electrons. The van der Waals surface area contributed by atoms with Gasteiger partial charge >= 0.3 is 5.97 Å². The number of carbonyl (C=O) groups is 2. The van der Waals surface area contributed by atoms with E-state index in [0.717, 1.165) is 16.7 Å². The van der Waals surface area contributed by atoms with E-state index in [4.69, 9.17) is 4.74 Å². The molecule has 0 radical (unpaired) electrons. The molecule has 0 amide bonds. The highest BCUT2D eigenvalue weighted by Gasteiger charge is 2.21. The second-order valence-electron chi connectivity index (χ2n) is 7.49. The molecule has 0 saturated heterocycles. The maximum Gasteiger partial charge on any atom is 0.359 e. The summed E-state index contributed by atoms with van der Waals surface area (Å²) in [6.07, 6.45) is 0. The van der Waals surface area contributed by atoms with Gasteiger partial charge in [-0.15, -0.1) is 0 Å². The number of hydrogen-bond acceptors (Lipinski definition) is 5. The van der Waals surface area contributed by atoms with Crippen LogP contribution in [0.2, 0.25) is 0 Å². The molecular formula is C23H24N2O4. The predicted molar refractivity (Wildman–Crippen MR) is 112 cm³/mol. The number of hydrogen-bond donors (Lipinski definition) is 0. The van der Waals surface area contributed by atoms with E-state index in [9.17, 15) is 14.4 Å². The van der Waals surface area contributed by atoms with Crippen LogP contribution in [0, 0.1) is 20.8 Å². The molecular weight excluding hydrogens is 368 g/mol. The Hall–Kier alpha value is -3.28. The number of ketones is 1. The second kappa shape index (κ2) is 7.99. The monoisotopic (exact) mass is 392 g/mol. The predicted octanol–water partition coefficient (Wildman–Crippen LogP) is 3.94. The Balaban J connectivity index is 1.91. The first-order chi connectivity index (χ1) is 13.7. The zero-order valence-electron chi connectivity index (χ0n) is 17.3. The second-order valence-corrected chi connectivity index (χ2v) is 7.49. The van der Waals surface area contributed by atoms with E-state index in [-0.39, 0.29) is 29.7 Å². The van der Waals surface area contributed by atoms with Crippen molar-refractivity contribution in [3.8, 4) is 0 Å². The largest absolute Gasteiger partial charge is 0.452 e. The van der Waals surface area contributed by atoms with Crippen molar-refractivity contribution in [1.82, 2.24) is 9.78 Å². The molecule has 0 spiro atoms. The lowest BCUT2D eigenvalue weighted by Crippen LogP contribution is -2.28. The number of aryl methyl sites for hydroxylation is 3. The van der Waals surface area contributed by atoms with Gasteiger partial charge in [-0.1, -0.05) is 24.3 Å². The molecule has 0 unspecified atom stereocenters. The molecule has 29 heavy (non-hydrogen) atoms. The van der Waals surface area contributed by atoms with Crippen molar-refractivity contribution in [2.24, 2.45) is 0 Å². The van der Waals surface area contributed by atoms with Crippen LogP contribution < -0.4 is 5.56 Å². The fourth-order valence-corrected chi connectivity index (χ4v) is 3.25. The van der Waals surface area contributed by atoms with Gasteiger partial charge in [0.05, 0.1) is 11.4 Å². The van der Waals surface area contributed by atoms with Gasteiger partial charge in [0, 0.05) is 10.9 Å². The lowest BCUT2D eigenvalue weighted by atomic mass is 9.98. The highest BCUT2D eigenvalue weighted by atomic mass is 16.5. The van der Waals surface area contributed by atoms with E-state index in [1.165, 1.54) is 4.68 Å². The molecule has 0 aliphatic carbocycles. The summed E-state index contributed by atoms with van der Waals surface area (Å²) in [4.78, 5) is 37.9. The molecule has 0 bridgehead atoms. The number of Topliss-reactive ketones (excluding diaryl/α,β-unsaturated/α-hetero) is 1. The SMILES string of the molecule is Cc1cc(C)c(C(=O)COC(=O)c2nn(C(C)C)c(=O)c3ccccc23)cc1C. The Morgan fingerprint density at radius 2 is 1.62 bits per heavy atom. The van der Waals surface area contributed by atoms with Crippen LogP contribution in [0.5, 0.6) is 0 Å². The maximum atomic E-state index is 12.7. The van der Waals surface area contributed by atoms with Gasteiger partial charge in [0.25, 0.3) is 5.56 Å². The molecule has 0 aliphatic rings. The number of fused-ring (bicyclic) bond motifs is 1. The van der Waals surface area contributed by atoms with Crippen molar-refractivity contribution in [3.05, 3.63) is 74.7 Å². The zero-order chi connectivity index (χ0) is 21.3. The molecule has 1 heterocycles. The first kappa shape index (κ1) is 20.5. The molecule has 6 nitrogen and oxygen atoms in total. The van der Waals surface area contributed by atoms with E-state index in [2.05, 4.69) is 5.10 Å². The highest BCUT2D eigenvalue weighted by Crippen LogP contribution is 2.18. The van der Waals surface area contributed by atoms with E-state index < -0.39 is 5.97 Å². The minimum atomic E-state index is -0.731. The lowest BCUT2D eigenvalue weighted by Gasteiger charge is -2.13. The Kier molecular flexibility index (Phi) is 5.64. The maximum absolute atomic E-state index is 12.7. The molecule has 0 aliphatic heterocycles. The molecule has 3 aromatic rings. The van der Waals surface area contributed by atoms with Crippen molar-refractivity contribution in [2.75, 3.05) is 6.61 Å². The zero-order valence-corrected chi connectivity index (χ0v) is 17.3. The van der Waals surface area contributed by atoms with Gasteiger partial charge in [-0.3, -0.25) is 9.59 Å². The number of esters is 1. The third kappa shape index (κ3) is 3.97. The number of carbonyl (C=O) groups excluding carboxylic acids is 2. The van der Waals surface area contributed by atoms with Gasteiger partial charge in [-0.05, 0) is 63.4 Å². The van der Waals surface area contributed by atoms with Gasteiger partial charge in [0.15, 0.2) is 12.3 Å². The van der Waals surface area contributed by atoms with Crippen LogP contribution in [0.25, 0.3) is 10.8 Å². The van der Waals surface area contributed by atoms with Crippen LogP contribution in [0.3, 0.4) is 0 Å². The average Bonchev–Trinajstić information content (AvgIpc) is 2.68. The number of rotatable bonds is 5. The summed E-state index contributed by atoms with van der Waals surface area (Å²) in [5, 5.41) is 5.01. The number of aromatic nitrogens is 2. The lowest BCUT2D eigenvalue weighted by molar-refractivity contribution is 0.0468. The van der Waals surface area contributed by atoms with Gasteiger partial charge in [0.1, 0.15) is 0 Å². The Morgan fingerprint density at radius 1 is 1.00 bits per heavy atom. The molecule has 1 aromatic heterocycles. The first-order valence-corrected chi connectivity index (χ1v) is 9.50. The van der Waals surface area contributed by atoms with Crippen molar-refractivity contribution in [1.29, 1.82) is 0 Å². The minimum absolute atomic E-state index is 0.0264. The van der Waals surface area contributed by atoms with Crippen LogP contribution in [-0.2, 0) is 4.74 Å². The van der Waals surface area contributed by atoms with Gasteiger partial charge in [0.2, 0.25) is 5.78 Å². The fraction of sp³-hybridized carbons (Fsp3) is 0.304. The molecule has 6 heteroatoms. The fourth-order valence-electron chi connectivity index (χ4n) is 3.25. The van der Waals surface area contributed by atoms with Crippen LogP contribution in [-0.4, -0.2) is 28.1 Å². The van der Waals surface area contributed by atoms with Crippen molar-refractivity contribution in [3.63, 3.8) is 0 Å². The number of nitrogens with zero attached hydrogens (tertiary/aromatic N) is 2. The van der Waals surface area contributed by atoms with Crippen LogP contribution >= 0.6 is 0 Å². The summed E-state index contributed by atoms with van der Waals surface area (Å²) >= 11 is 0. The number of benzene rings is 2. The summed E-state index contributed by atoms with van der Waals surface area (Å²) in [5.41, 5.74) is 3.23. The Labute approximate surface area is 169 Å². The molecule has 0 fully saturated rings. The van der Waals surface area contributed by atoms with Gasteiger partial charge in [-0.2, -0.15) is 5.10 Å². The van der Waals surface area contributed by atoms with E-state index in [1.807, 2.05) is 46.8 Å². The van der Waals surface area contributed by atoms with E-state index in [0.29, 0.717) is 16.3 Å². The van der Waals surface area contributed by atoms with Crippen molar-refractivity contribution >= 4 is 22.5 Å². The molecule has 0 saturated carbocycles. The summed E-state index contributed by atoms with van der Waals surface area (Å²) in [6, 6.07) is 10.3. The minimum Gasteiger partial charge on any atom is -0.452 e. The standard InChI is InChI=1S/C23H24N2O4/c1-13(2)25-22(27)18-9-7-6-8-17(18)21(24-25)23(28)29-12-20(26)19-11-15(4)14(3)10-16(19)5/h6-11,13H,12H2,1-5H3. The third-order valence-corrected chi connectivity index (χ3v) is 4.99. The molecule has 2 aromatic carbocycles. The van der Waals surface area contributed by atoms with E-state index in [1.54, 1.807) is 24.3 Å². The van der Waals surface area contributed by atoms with Crippen LogP contribution in [0.4, 0.5) is 0 Å². The quantitative estimate of drug-likeness (QED) is 0.485. The smallest absolute Gasteiger partial charge is 0.359 e. The summed E-state index contributed by atoms with van der Waals surface area (Å²) in [6.45, 7) is 9.00. The summed E-state index contributed by atoms with van der Waals surface area (Å²) in [5.74, 6) is -1.01. The average molecular weight is 392 g/mol. The molecule has 3 rings (SSSR count). The normalized spacial score (nSPS) is 11.1. The summed E-state index contributed by atoms with van der Waals surface area (Å²) in [7, 11) is 0. The van der Waals surface area contributed by atoms with Crippen LogP contribution in [0.15, 0.2) is 41.2 Å². The molecule has 0 N–H and O–H groups in total. The van der Waals surface area contributed by atoms with Crippen molar-refractivity contribution in [2.45, 2.75) is 40.7 Å². The highest BCUT2D eigenvalue weighted by molar-refractivity contribution is 6.04. The Morgan fingerprint density at radius 3 is 2.28 bits per heavy atom. The molecule has 0 atom stereocenters. The van der Waals surface area contributed by atoms with E-state index >= 15 is 0 Å². The number of ether oxygens (including phenoxy) is 1. The first-order valence-electron chi connectivity index (χ1n) is 9.50. The summed E-state index contributed by atoms with van der Waals surface area (Å²) < 4.78 is 6.54. The van der Waals surface area contributed by atoms with Crippen LogP contribution in [0.1, 0.15) is 57.4 Å². The van der Waals surface area contributed by atoms with Crippen molar-refractivity contribution < 1.29 is 14.3 Å². The topological polar surface area (TPSA) is 78.3 Å². The van der Waals surface area contributed by atoms with Gasteiger partial charge < -0.3 is 4.74 Å².